The minimum Gasteiger partial charge on any atom is -0.392 e. The summed E-state index contributed by atoms with van der Waals surface area (Å²) in [5, 5.41) is 9.91. The zero-order valence-electron chi connectivity index (χ0n) is 8.90. The van der Waals surface area contributed by atoms with Gasteiger partial charge in [0.05, 0.1) is 6.10 Å². The van der Waals surface area contributed by atoms with Crippen LogP contribution in [0.3, 0.4) is 0 Å². The Morgan fingerprint density at radius 1 is 1.54 bits per heavy atom. The first-order chi connectivity index (χ1) is 6.06. The second-order valence-electron chi connectivity index (χ2n) is 4.44. The largest absolute Gasteiger partial charge is 0.392 e. The van der Waals surface area contributed by atoms with E-state index in [1.54, 1.807) is 0 Å². The second kappa shape index (κ2) is 4.14. The van der Waals surface area contributed by atoms with Gasteiger partial charge in [0, 0.05) is 19.5 Å². The Morgan fingerprint density at radius 2 is 2.15 bits per heavy atom. The van der Waals surface area contributed by atoms with Crippen LogP contribution in [0.15, 0.2) is 12.8 Å². The van der Waals surface area contributed by atoms with Crippen LogP contribution in [0.25, 0.3) is 0 Å². The lowest BCUT2D eigenvalue weighted by Crippen LogP contribution is -2.28. The Bertz CT molecular complexity index is 181. The van der Waals surface area contributed by atoms with Crippen molar-refractivity contribution in [1.82, 2.24) is 4.90 Å². The van der Waals surface area contributed by atoms with Crippen molar-refractivity contribution in [3.8, 4) is 0 Å². The van der Waals surface area contributed by atoms with Crippen molar-refractivity contribution in [2.75, 3.05) is 13.6 Å². The maximum absolute atomic E-state index is 9.91. The smallest absolute Gasteiger partial charge is 0.0613 e. The molecule has 1 N–H and O–H groups in total. The molecule has 1 aliphatic carbocycles. The van der Waals surface area contributed by atoms with E-state index in [0.717, 1.165) is 13.0 Å². The number of hydrogen-bond donors (Lipinski definition) is 1. The first-order valence-corrected chi connectivity index (χ1v) is 5.07. The van der Waals surface area contributed by atoms with Crippen LogP contribution in [0.2, 0.25) is 0 Å². The van der Waals surface area contributed by atoms with Crippen LogP contribution < -0.4 is 0 Å². The molecule has 0 aliphatic heterocycles. The molecule has 0 saturated heterocycles. The molecule has 1 saturated carbocycles. The van der Waals surface area contributed by atoms with E-state index in [0.29, 0.717) is 17.8 Å². The van der Waals surface area contributed by atoms with Gasteiger partial charge in [0.15, 0.2) is 0 Å². The van der Waals surface area contributed by atoms with Crippen molar-refractivity contribution in [3.63, 3.8) is 0 Å². The summed E-state index contributed by atoms with van der Waals surface area (Å²) in [6.07, 6.45) is 2.83. The standard InChI is InChI=1S/C11H21NO/c1-5-12(4)7-10-6-8(2)9(3)11(10)13/h5,8-11,13H,1,6-7H2,2-4H3. The predicted octanol–water partition coefficient (Wildman–Crippen LogP) is 1.71. The molecule has 0 aromatic heterocycles. The monoisotopic (exact) mass is 183 g/mol. The second-order valence-corrected chi connectivity index (χ2v) is 4.44. The third-order valence-electron chi connectivity index (χ3n) is 3.43. The minimum atomic E-state index is -0.127. The van der Waals surface area contributed by atoms with Crippen molar-refractivity contribution in [2.24, 2.45) is 17.8 Å². The van der Waals surface area contributed by atoms with Gasteiger partial charge in [-0.1, -0.05) is 20.4 Å². The summed E-state index contributed by atoms with van der Waals surface area (Å²) in [5.74, 6) is 1.52. The van der Waals surface area contributed by atoms with Crippen molar-refractivity contribution in [3.05, 3.63) is 12.8 Å². The maximum atomic E-state index is 9.91. The van der Waals surface area contributed by atoms with E-state index >= 15 is 0 Å². The zero-order valence-corrected chi connectivity index (χ0v) is 8.90. The molecule has 0 amide bonds. The van der Waals surface area contributed by atoms with E-state index in [1.165, 1.54) is 0 Å². The average Bonchev–Trinajstić information content (AvgIpc) is 2.34. The van der Waals surface area contributed by atoms with Gasteiger partial charge in [-0.15, -0.1) is 0 Å². The first-order valence-electron chi connectivity index (χ1n) is 5.07. The third-order valence-corrected chi connectivity index (χ3v) is 3.43. The van der Waals surface area contributed by atoms with Gasteiger partial charge in [-0.3, -0.25) is 0 Å². The number of rotatable bonds is 3. The summed E-state index contributed by atoms with van der Waals surface area (Å²) < 4.78 is 0. The van der Waals surface area contributed by atoms with E-state index < -0.39 is 0 Å². The van der Waals surface area contributed by atoms with Crippen molar-refractivity contribution < 1.29 is 5.11 Å². The van der Waals surface area contributed by atoms with Gasteiger partial charge in [-0.05, 0) is 24.5 Å². The highest BCUT2D eigenvalue weighted by atomic mass is 16.3. The Balaban J connectivity index is 2.48. The van der Waals surface area contributed by atoms with E-state index in [1.807, 2.05) is 13.2 Å². The summed E-state index contributed by atoms with van der Waals surface area (Å²) in [4.78, 5) is 2.05. The lowest BCUT2D eigenvalue weighted by atomic mass is 9.99. The summed E-state index contributed by atoms with van der Waals surface area (Å²) in [6.45, 7) is 9.01. The summed E-state index contributed by atoms with van der Waals surface area (Å²) >= 11 is 0. The molecule has 1 aliphatic rings. The Kier molecular flexibility index (Phi) is 3.37. The number of nitrogens with zero attached hydrogens (tertiary/aromatic N) is 1. The molecule has 0 radical (unpaired) electrons. The quantitative estimate of drug-likeness (QED) is 0.720. The van der Waals surface area contributed by atoms with E-state index in [4.69, 9.17) is 0 Å². The van der Waals surface area contributed by atoms with Crippen LogP contribution in [-0.2, 0) is 0 Å². The molecule has 0 spiro atoms. The van der Waals surface area contributed by atoms with Gasteiger partial charge in [-0.2, -0.15) is 0 Å². The van der Waals surface area contributed by atoms with E-state index in [9.17, 15) is 5.11 Å². The fraction of sp³-hybridized carbons (Fsp3) is 0.818. The van der Waals surface area contributed by atoms with Crippen molar-refractivity contribution >= 4 is 0 Å². The van der Waals surface area contributed by atoms with Crippen LogP contribution >= 0.6 is 0 Å². The molecule has 13 heavy (non-hydrogen) atoms. The summed E-state index contributed by atoms with van der Waals surface area (Å²) in [5.41, 5.74) is 0. The molecule has 0 bridgehead atoms. The van der Waals surface area contributed by atoms with Crippen molar-refractivity contribution in [2.45, 2.75) is 26.4 Å². The number of hydrogen-bond acceptors (Lipinski definition) is 2. The van der Waals surface area contributed by atoms with Gasteiger partial charge < -0.3 is 10.0 Å². The minimum absolute atomic E-state index is 0.127. The highest BCUT2D eigenvalue weighted by Gasteiger charge is 2.37. The van der Waals surface area contributed by atoms with E-state index in [-0.39, 0.29) is 6.10 Å². The molecular formula is C11H21NO. The van der Waals surface area contributed by atoms with Crippen LogP contribution in [0.1, 0.15) is 20.3 Å². The Hall–Kier alpha value is -0.500. The Labute approximate surface area is 81.2 Å². The normalized spacial score (nSPS) is 39.1. The molecule has 0 aromatic rings. The topological polar surface area (TPSA) is 23.5 Å². The van der Waals surface area contributed by atoms with Gasteiger partial charge in [0.2, 0.25) is 0 Å². The molecule has 0 aromatic carbocycles. The molecule has 76 valence electrons. The predicted molar refractivity (Wildman–Crippen MR) is 55.3 cm³/mol. The van der Waals surface area contributed by atoms with Crippen molar-refractivity contribution in [1.29, 1.82) is 0 Å². The fourth-order valence-electron chi connectivity index (χ4n) is 2.22. The first kappa shape index (κ1) is 10.6. The zero-order chi connectivity index (χ0) is 10.0. The van der Waals surface area contributed by atoms with Gasteiger partial charge in [0.25, 0.3) is 0 Å². The molecule has 0 heterocycles. The van der Waals surface area contributed by atoms with Crippen LogP contribution in [0.5, 0.6) is 0 Å². The highest BCUT2D eigenvalue weighted by Crippen LogP contribution is 2.36. The lowest BCUT2D eigenvalue weighted by molar-refractivity contribution is 0.0830. The third kappa shape index (κ3) is 2.25. The van der Waals surface area contributed by atoms with Crippen LogP contribution in [0.4, 0.5) is 0 Å². The number of aliphatic hydroxyl groups excluding tert-OH is 1. The van der Waals surface area contributed by atoms with E-state index in [2.05, 4.69) is 25.3 Å². The van der Waals surface area contributed by atoms with Crippen LogP contribution in [0, 0.1) is 17.8 Å². The fourth-order valence-corrected chi connectivity index (χ4v) is 2.22. The van der Waals surface area contributed by atoms with Gasteiger partial charge in [-0.25, -0.2) is 0 Å². The molecular weight excluding hydrogens is 162 g/mol. The molecule has 2 nitrogen and oxygen atoms in total. The van der Waals surface area contributed by atoms with Gasteiger partial charge >= 0.3 is 0 Å². The molecule has 1 fully saturated rings. The van der Waals surface area contributed by atoms with Gasteiger partial charge in [0.1, 0.15) is 0 Å². The summed E-state index contributed by atoms with van der Waals surface area (Å²) in [6, 6.07) is 0. The summed E-state index contributed by atoms with van der Waals surface area (Å²) in [7, 11) is 2.01. The molecule has 4 unspecified atom stereocenters. The molecule has 1 rings (SSSR count). The SMILES string of the molecule is C=CN(C)CC1CC(C)C(C)C1O. The Morgan fingerprint density at radius 3 is 2.54 bits per heavy atom. The lowest BCUT2D eigenvalue weighted by Gasteiger charge is -2.22. The molecule has 4 atom stereocenters. The maximum Gasteiger partial charge on any atom is 0.0613 e. The average molecular weight is 183 g/mol. The van der Waals surface area contributed by atoms with Crippen LogP contribution in [-0.4, -0.2) is 29.7 Å². The number of aliphatic hydroxyl groups is 1. The highest BCUT2D eigenvalue weighted by molar-refractivity contribution is 4.88. The molecule has 2 heteroatoms.